The minimum absolute atomic E-state index is 0.0130. The molecule has 100 valence electrons. The molecule has 19 heavy (non-hydrogen) atoms. The Morgan fingerprint density at radius 2 is 2.16 bits per heavy atom. The fourth-order valence-electron chi connectivity index (χ4n) is 2.05. The number of aromatic nitrogens is 1. The quantitative estimate of drug-likeness (QED) is 0.925. The molecule has 0 radical (unpaired) electrons. The molecule has 0 atom stereocenters. The van der Waals surface area contributed by atoms with Crippen LogP contribution in [0.5, 0.6) is 0 Å². The summed E-state index contributed by atoms with van der Waals surface area (Å²) in [6, 6.07) is 7.87. The maximum atomic E-state index is 11.9. The second kappa shape index (κ2) is 5.64. The maximum Gasteiger partial charge on any atom is 0.240 e. The van der Waals surface area contributed by atoms with Gasteiger partial charge in [0.25, 0.3) is 0 Å². The Morgan fingerprint density at radius 1 is 1.37 bits per heavy atom. The van der Waals surface area contributed by atoms with E-state index in [1.807, 2.05) is 24.3 Å². The van der Waals surface area contributed by atoms with Crippen LogP contribution >= 0.6 is 11.3 Å². The smallest absolute Gasteiger partial charge is 0.240 e. The van der Waals surface area contributed by atoms with Gasteiger partial charge >= 0.3 is 0 Å². The highest BCUT2D eigenvalue weighted by Crippen LogP contribution is 2.25. The molecular weight excluding hydrogens is 262 g/mol. The zero-order chi connectivity index (χ0) is 13.1. The lowest BCUT2D eigenvalue weighted by Crippen LogP contribution is -2.41. The molecule has 0 saturated carbocycles. The van der Waals surface area contributed by atoms with Crippen LogP contribution in [0.2, 0.25) is 0 Å². The summed E-state index contributed by atoms with van der Waals surface area (Å²) in [6.07, 6.45) is 0. The third-order valence-electron chi connectivity index (χ3n) is 3.01. The molecule has 5 nitrogen and oxygen atoms in total. The van der Waals surface area contributed by atoms with Gasteiger partial charge in [0.05, 0.1) is 30.0 Å². The number of fused-ring (bicyclic) bond motifs is 1. The van der Waals surface area contributed by atoms with Gasteiger partial charge in [-0.15, -0.1) is 0 Å². The van der Waals surface area contributed by atoms with E-state index in [0.29, 0.717) is 24.9 Å². The van der Waals surface area contributed by atoms with E-state index in [-0.39, 0.29) is 5.91 Å². The van der Waals surface area contributed by atoms with Gasteiger partial charge < -0.3 is 10.1 Å². The van der Waals surface area contributed by atoms with Crippen LogP contribution in [-0.4, -0.2) is 48.6 Å². The van der Waals surface area contributed by atoms with Gasteiger partial charge in [0.2, 0.25) is 5.91 Å². The fourth-order valence-corrected chi connectivity index (χ4v) is 2.93. The maximum absolute atomic E-state index is 11.9. The van der Waals surface area contributed by atoms with Gasteiger partial charge in [0.15, 0.2) is 5.13 Å². The molecule has 1 saturated heterocycles. The summed E-state index contributed by atoms with van der Waals surface area (Å²) < 4.78 is 6.34. The summed E-state index contributed by atoms with van der Waals surface area (Å²) in [5, 5.41) is 3.53. The molecule has 1 aliphatic heterocycles. The Kier molecular flexibility index (Phi) is 3.72. The first-order valence-electron chi connectivity index (χ1n) is 6.27. The van der Waals surface area contributed by atoms with Crippen molar-refractivity contribution in [2.75, 3.05) is 38.2 Å². The van der Waals surface area contributed by atoms with E-state index in [1.54, 1.807) is 0 Å². The summed E-state index contributed by atoms with van der Waals surface area (Å²) in [6.45, 7) is 3.43. The van der Waals surface area contributed by atoms with Crippen LogP contribution in [0.15, 0.2) is 24.3 Å². The van der Waals surface area contributed by atoms with E-state index in [4.69, 9.17) is 4.74 Å². The summed E-state index contributed by atoms with van der Waals surface area (Å²) in [5.74, 6) is -0.0130. The van der Waals surface area contributed by atoms with Crippen molar-refractivity contribution in [1.29, 1.82) is 0 Å². The number of carbonyl (C=O) groups excluding carboxylic acids is 1. The molecule has 2 aromatic rings. The van der Waals surface area contributed by atoms with Gasteiger partial charge in [0.1, 0.15) is 0 Å². The lowest BCUT2D eigenvalue weighted by molar-refractivity contribution is -0.118. The van der Waals surface area contributed by atoms with Gasteiger partial charge in [-0.25, -0.2) is 4.98 Å². The van der Waals surface area contributed by atoms with Gasteiger partial charge in [-0.1, -0.05) is 23.5 Å². The number of benzene rings is 1. The zero-order valence-corrected chi connectivity index (χ0v) is 11.3. The molecule has 1 fully saturated rings. The second-order valence-electron chi connectivity index (χ2n) is 4.42. The monoisotopic (exact) mass is 277 g/mol. The summed E-state index contributed by atoms with van der Waals surface area (Å²) >= 11 is 1.50. The number of anilines is 1. The van der Waals surface area contributed by atoms with Crippen molar-refractivity contribution < 1.29 is 9.53 Å². The van der Waals surface area contributed by atoms with Crippen LogP contribution in [0.1, 0.15) is 0 Å². The number of rotatable bonds is 3. The Morgan fingerprint density at radius 3 is 2.95 bits per heavy atom. The van der Waals surface area contributed by atoms with Crippen molar-refractivity contribution in [3.05, 3.63) is 24.3 Å². The minimum Gasteiger partial charge on any atom is -0.379 e. The van der Waals surface area contributed by atoms with Crippen molar-refractivity contribution in [2.24, 2.45) is 0 Å². The van der Waals surface area contributed by atoms with Crippen molar-refractivity contribution in [2.45, 2.75) is 0 Å². The van der Waals surface area contributed by atoms with Crippen LogP contribution in [0.25, 0.3) is 10.2 Å². The largest absolute Gasteiger partial charge is 0.379 e. The van der Waals surface area contributed by atoms with Gasteiger partial charge in [0, 0.05) is 13.1 Å². The number of carbonyl (C=O) groups is 1. The SMILES string of the molecule is O=C(CN1CCOCC1)Nc1nc2ccccc2s1. The van der Waals surface area contributed by atoms with Gasteiger partial charge in [-0.05, 0) is 12.1 Å². The standard InChI is InChI=1S/C13H15N3O2S/c17-12(9-16-5-7-18-8-6-16)15-13-14-10-3-1-2-4-11(10)19-13/h1-4H,5-9H2,(H,14,15,17). The van der Waals surface area contributed by atoms with E-state index in [9.17, 15) is 4.79 Å². The van der Waals surface area contributed by atoms with E-state index in [1.165, 1.54) is 11.3 Å². The number of hydrogen-bond donors (Lipinski definition) is 1. The minimum atomic E-state index is -0.0130. The van der Waals surface area contributed by atoms with Crippen molar-refractivity contribution in [3.8, 4) is 0 Å². The molecule has 0 spiro atoms. The number of morpholine rings is 1. The molecule has 1 aliphatic rings. The number of thiazole rings is 1. The Labute approximate surface area is 115 Å². The molecular formula is C13H15N3O2S. The first-order valence-corrected chi connectivity index (χ1v) is 7.08. The number of hydrogen-bond acceptors (Lipinski definition) is 5. The van der Waals surface area contributed by atoms with Crippen molar-refractivity contribution in [3.63, 3.8) is 0 Å². The highest BCUT2D eigenvalue weighted by atomic mass is 32.1. The van der Waals surface area contributed by atoms with Gasteiger partial charge in [-0.2, -0.15) is 0 Å². The lowest BCUT2D eigenvalue weighted by Gasteiger charge is -2.25. The van der Waals surface area contributed by atoms with Gasteiger partial charge in [-0.3, -0.25) is 9.69 Å². The topological polar surface area (TPSA) is 54.5 Å². The molecule has 1 aromatic carbocycles. The predicted octanol–water partition coefficient (Wildman–Crippen LogP) is 1.57. The molecule has 0 aliphatic carbocycles. The molecule has 0 unspecified atom stereocenters. The Bertz CT molecular complexity index is 545. The van der Waals surface area contributed by atoms with E-state index in [0.717, 1.165) is 23.3 Å². The van der Waals surface area contributed by atoms with E-state index >= 15 is 0 Å². The molecule has 1 amide bonds. The normalized spacial score (nSPS) is 16.6. The van der Waals surface area contributed by atoms with Crippen LogP contribution in [0, 0.1) is 0 Å². The number of nitrogens with one attached hydrogen (secondary N) is 1. The predicted molar refractivity (Wildman–Crippen MR) is 75.5 cm³/mol. The highest BCUT2D eigenvalue weighted by molar-refractivity contribution is 7.22. The number of ether oxygens (including phenoxy) is 1. The van der Waals surface area contributed by atoms with E-state index in [2.05, 4.69) is 15.2 Å². The zero-order valence-electron chi connectivity index (χ0n) is 10.5. The first kappa shape index (κ1) is 12.5. The molecule has 0 bridgehead atoms. The second-order valence-corrected chi connectivity index (χ2v) is 5.45. The fraction of sp³-hybridized carbons (Fsp3) is 0.385. The Hall–Kier alpha value is -1.50. The van der Waals surface area contributed by atoms with E-state index < -0.39 is 0 Å². The average molecular weight is 277 g/mol. The number of amides is 1. The molecule has 1 aromatic heterocycles. The van der Waals surface area contributed by atoms with Crippen molar-refractivity contribution >= 4 is 32.6 Å². The molecule has 6 heteroatoms. The van der Waals surface area contributed by atoms with Crippen LogP contribution < -0.4 is 5.32 Å². The summed E-state index contributed by atoms with van der Waals surface area (Å²) in [7, 11) is 0. The molecule has 3 rings (SSSR count). The average Bonchev–Trinajstić information content (AvgIpc) is 2.81. The van der Waals surface area contributed by atoms with Crippen LogP contribution in [0.4, 0.5) is 5.13 Å². The highest BCUT2D eigenvalue weighted by Gasteiger charge is 2.15. The lowest BCUT2D eigenvalue weighted by atomic mass is 10.3. The number of nitrogens with zero attached hydrogens (tertiary/aromatic N) is 2. The third-order valence-corrected chi connectivity index (χ3v) is 3.96. The third kappa shape index (κ3) is 3.09. The Balaban J connectivity index is 1.62. The summed E-state index contributed by atoms with van der Waals surface area (Å²) in [5.41, 5.74) is 0.925. The van der Waals surface area contributed by atoms with Crippen LogP contribution in [-0.2, 0) is 9.53 Å². The summed E-state index contributed by atoms with van der Waals surface area (Å²) in [4.78, 5) is 18.4. The molecule has 1 N–H and O–H groups in total. The molecule has 2 heterocycles. The van der Waals surface area contributed by atoms with Crippen LogP contribution in [0.3, 0.4) is 0 Å². The van der Waals surface area contributed by atoms with Crippen molar-refractivity contribution in [1.82, 2.24) is 9.88 Å². The first-order chi connectivity index (χ1) is 9.31. The number of para-hydroxylation sites is 1.